The molecule has 0 bridgehead atoms. The Morgan fingerprint density at radius 1 is 1.12 bits per heavy atom. The van der Waals surface area contributed by atoms with E-state index in [0.717, 1.165) is 6.42 Å². The number of aryl methyl sites for hydroxylation is 2. The molecule has 11 nitrogen and oxygen atoms in total. The number of nitrogens with one attached hydrogen (secondary N) is 1. The van der Waals surface area contributed by atoms with Crippen LogP contribution in [0.1, 0.15) is 54.9 Å². The van der Waals surface area contributed by atoms with Gasteiger partial charge in [0.05, 0.1) is 5.69 Å². The maximum absolute atomic E-state index is 15.8. The zero-order valence-corrected chi connectivity index (χ0v) is 24.0. The van der Waals surface area contributed by atoms with Crippen LogP contribution in [-0.2, 0) is 12.8 Å². The third kappa shape index (κ3) is 5.19. The summed E-state index contributed by atoms with van der Waals surface area (Å²) in [5, 5.41) is 8.37. The van der Waals surface area contributed by atoms with Gasteiger partial charge in [-0.25, -0.2) is 13.7 Å². The van der Waals surface area contributed by atoms with Gasteiger partial charge >= 0.3 is 5.76 Å². The fourth-order valence-electron chi connectivity index (χ4n) is 5.72. The molecule has 1 fully saturated rings. The minimum Gasteiger partial charge on any atom is -0.299 e. The third-order valence-corrected chi connectivity index (χ3v) is 9.53. The summed E-state index contributed by atoms with van der Waals surface area (Å²) in [7, 11) is -2.65. The number of hydrogen-bond donors (Lipinski definition) is 3. The molecule has 1 aliphatic rings. The molecule has 0 saturated carbocycles. The number of fused-ring (bicyclic) bond motifs is 1. The van der Waals surface area contributed by atoms with E-state index in [2.05, 4.69) is 24.7 Å². The van der Waals surface area contributed by atoms with Crippen molar-refractivity contribution in [1.82, 2.24) is 29.3 Å². The lowest BCUT2D eigenvalue weighted by molar-refractivity contribution is 0.388. The van der Waals surface area contributed by atoms with Crippen molar-refractivity contribution in [2.45, 2.75) is 52.0 Å². The summed E-state index contributed by atoms with van der Waals surface area (Å²) in [6.07, 6.45) is 2.20. The second kappa shape index (κ2) is 11.0. The van der Waals surface area contributed by atoms with Gasteiger partial charge in [0.25, 0.3) is 5.56 Å². The molecule has 0 unspecified atom stereocenters. The van der Waals surface area contributed by atoms with E-state index >= 15 is 4.39 Å². The number of H-pyrrole nitrogens is 1. The van der Waals surface area contributed by atoms with Crippen LogP contribution in [0.5, 0.6) is 0 Å². The first kappa shape index (κ1) is 28.1. The first-order valence-electron chi connectivity index (χ1n) is 13.8. The summed E-state index contributed by atoms with van der Waals surface area (Å²) in [6.45, 7) is 3.77. The minimum absolute atomic E-state index is 0.0509. The molecule has 5 aromatic rings. The second-order valence-electron chi connectivity index (χ2n) is 10.6. The van der Waals surface area contributed by atoms with Crippen molar-refractivity contribution in [3.63, 3.8) is 0 Å². The summed E-state index contributed by atoms with van der Waals surface area (Å²) in [5.74, 6) is 0.448. The molecule has 42 heavy (non-hydrogen) atoms. The van der Waals surface area contributed by atoms with Crippen LogP contribution in [0.4, 0.5) is 4.39 Å². The van der Waals surface area contributed by atoms with Crippen molar-refractivity contribution < 1.29 is 18.0 Å². The lowest BCUT2D eigenvalue weighted by Gasteiger charge is -2.39. The third-order valence-electron chi connectivity index (χ3n) is 7.75. The highest BCUT2D eigenvalue weighted by molar-refractivity contribution is 8.24. The number of halogens is 1. The molecule has 0 amide bonds. The Hall–Kier alpha value is -4.07. The van der Waals surface area contributed by atoms with Crippen LogP contribution in [0.15, 0.2) is 56.6 Å². The Morgan fingerprint density at radius 2 is 1.86 bits per heavy atom. The smallest absolute Gasteiger partial charge is 0.299 e. The molecule has 0 aliphatic carbocycles. The highest BCUT2D eigenvalue weighted by atomic mass is 32.3. The van der Waals surface area contributed by atoms with Crippen molar-refractivity contribution in [1.29, 1.82) is 0 Å². The lowest BCUT2D eigenvalue weighted by Crippen LogP contribution is -2.35. The van der Waals surface area contributed by atoms with E-state index in [4.69, 9.17) is 0 Å². The molecule has 3 N–H and O–H groups in total. The van der Waals surface area contributed by atoms with Gasteiger partial charge in [0, 0.05) is 35.1 Å². The van der Waals surface area contributed by atoms with Crippen molar-refractivity contribution in [3.05, 3.63) is 91.8 Å². The Balaban J connectivity index is 1.43. The van der Waals surface area contributed by atoms with Gasteiger partial charge in [-0.05, 0) is 48.9 Å². The Bertz CT molecular complexity index is 1900. The van der Waals surface area contributed by atoms with Crippen molar-refractivity contribution in [2.24, 2.45) is 0 Å². The van der Waals surface area contributed by atoms with Crippen molar-refractivity contribution >= 4 is 16.4 Å². The molecule has 0 spiro atoms. The quantitative estimate of drug-likeness (QED) is 0.239. The molecule has 220 valence electrons. The van der Waals surface area contributed by atoms with Gasteiger partial charge in [0.15, 0.2) is 5.82 Å². The van der Waals surface area contributed by atoms with E-state index in [-0.39, 0.29) is 35.4 Å². The van der Waals surface area contributed by atoms with Crippen LogP contribution in [0.3, 0.4) is 0 Å². The topological polar surface area (TPSA) is 152 Å². The molecule has 1 saturated heterocycles. The molecular weight excluding hydrogens is 563 g/mol. The Labute approximate surface area is 241 Å². The standard InChI is InChI=1S/C29H31FN6O5S/c1-3-6-25-23(27(37)35(28-31-17(2)33-36(25)28)20-11-13-42(39,40)14-12-20)15-19-10-9-18(16-24(19)30)21-7-4-5-8-22(21)26-32-29(38)41-34-26/h4-5,7-10,16,20,39-40H,3,6,11-15H2,1-2H3,(H,32,34,38). The predicted molar refractivity (Wildman–Crippen MR) is 158 cm³/mol. The fraction of sp³-hybridized carbons (Fsp3) is 0.345. The van der Waals surface area contributed by atoms with Crippen LogP contribution < -0.4 is 11.3 Å². The maximum atomic E-state index is 15.8. The van der Waals surface area contributed by atoms with E-state index in [9.17, 15) is 18.7 Å². The molecule has 0 radical (unpaired) electrons. The van der Waals surface area contributed by atoms with Gasteiger partial charge in [-0.15, -0.1) is 0 Å². The van der Waals surface area contributed by atoms with Gasteiger partial charge in [0.2, 0.25) is 5.78 Å². The molecule has 1 aliphatic heterocycles. The van der Waals surface area contributed by atoms with Gasteiger partial charge in [-0.2, -0.15) is 20.7 Å². The zero-order chi connectivity index (χ0) is 29.6. The summed E-state index contributed by atoms with van der Waals surface area (Å²) in [5.41, 5.74) is 3.04. The number of hydrogen-bond acceptors (Lipinski definition) is 8. The van der Waals surface area contributed by atoms with E-state index in [1.165, 1.54) is 6.07 Å². The average molecular weight is 595 g/mol. The van der Waals surface area contributed by atoms with Gasteiger partial charge < -0.3 is 0 Å². The average Bonchev–Trinajstić information content (AvgIpc) is 3.57. The highest BCUT2D eigenvalue weighted by Crippen LogP contribution is 2.47. The van der Waals surface area contributed by atoms with Crippen molar-refractivity contribution in [3.8, 4) is 22.5 Å². The molecule has 4 heterocycles. The first-order valence-corrected chi connectivity index (χ1v) is 15.7. The normalized spacial score (nSPS) is 16.2. The number of benzene rings is 2. The van der Waals surface area contributed by atoms with Gasteiger partial charge in [0.1, 0.15) is 11.6 Å². The van der Waals surface area contributed by atoms with Crippen LogP contribution in [-0.4, -0.2) is 49.9 Å². The lowest BCUT2D eigenvalue weighted by atomic mass is 9.95. The molecule has 0 atom stereocenters. The number of nitrogens with zero attached hydrogens (tertiary/aromatic N) is 5. The monoisotopic (exact) mass is 594 g/mol. The van der Waals surface area contributed by atoms with Crippen LogP contribution in [0.2, 0.25) is 0 Å². The number of aromatic nitrogens is 6. The van der Waals surface area contributed by atoms with E-state index in [1.807, 2.05) is 13.0 Å². The fourth-order valence-corrected chi connectivity index (χ4v) is 7.22. The van der Waals surface area contributed by atoms with Gasteiger partial charge in [-0.3, -0.25) is 28.0 Å². The number of aromatic amines is 1. The molecule has 13 heteroatoms. The van der Waals surface area contributed by atoms with Gasteiger partial charge in [-0.1, -0.05) is 54.9 Å². The Kier molecular flexibility index (Phi) is 7.33. The van der Waals surface area contributed by atoms with Crippen LogP contribution in [0, 0.1) is 12.7 Å². The maximum Gasteiger partial charge on any atom is 0.439 e. The van der Waals surface area contributed by atoms with Crippen LogP contribution >= 0.6 is 10.6 Å². The minimum atomic E-state index is -2.65. The first-order chi connectivity index (χ1) is 20.1. The molecular formula is C29H31FN6O5S. The van der Waals surface area contributed by atoms with E-state index in [1.54, 1.807) is 46.3 Å². The molecule has 3 aromatic heterocycles. The van der Waals surface area contributed by atoms with E-state index in [0.29, 0.717) is 64.4 Å². The molecule has 2 aromatic carbocycles. The number of rotatable bonds is 7. The second-order valence-corrected chi connectivity index (χ2v) is 13.1. The summed E-state index contributed by atoms with van der Waals surface area (Å²) < 4.78 is 44.1. The zero-order valence-electron chi connectivity index (χ0n) is 23.2. The van der Waals surface area contributed by atoms with Crippen LogP contribution in [0.25, 0.3) is 28.3 Å². The largest absolute Gasteiger partial charge is 0.439 e. The summed E-state index contributed by atoms with van der Waals surface area (Å²) >= 11 is 0. The Morgan fingerprint density at radius 3 is 2.52 bits per heavy atom. The summed E-state index contributed by atoms with van der Waals surface area (Å²) in [6, 6.07) is 11.7. The molecule has 6 rings (SSSR count). The summed E-state index contributed by atoms with van der Waals surface area (Å²) in [4.78, 5) is 32.8. The predicted octanol–water partition coefficient (Wildman–Crippen LogP) is 4.98. The highest BCUT2D eigenvalue weighted by Gasteiger charge is 2.30. The van der Waals surface area contributed by atoms with Crippen molar-refractivity contribution in [2.75, 3.05) is 11.5 Å². The SMILES string of the molecule is CCCc1c(Cc2ccc(-c3ccccc3-c3noc(=O)[nH]3)cc2F)c(=O)n(C2CCS(O)(O)CC2)c2nc(C)nn12. The van der Waals surface area contributed by atoms with E-state index < -0.39 is 22.2 Å².